The van der Waals surface area contributed by atoms with E-state index < -0.39 is 7.32 Å². The topological polar surface area (TPSA) is 49.7 Å². The van der Waals surface area contributed by atoms with Gasteiger partial charge in [0.2, 0.25) is 0 Å². The lowest BCUT2D eigenvalue weighted by Gasteiger charge is -2.06. The maximum Gasteiger partial charge on any atom is 0.707 e. The molecular weight excluding hydrogens is 238 g/mol. The van der Waals surface area contributed by atoms with Gasteiger partial charge in [-0.15, -0.1) is 0 Å². The molecule has 0 unspecified atom stereocenters. The summed E-state index contributed by atoms with van der Waals surface area (Å²) in [4.78, 5) is 0. The fourth-order valence-electron chi connectivity index (χ4n) is 1.49. The second kappa shape index (κ2) is 5.23. The third kappa shape index (κ3) is 3.23. The highest BCUT2D eigenvalue weighted by atomic mass is 35.5. The van der Waals surface area contributed by atoms with Gasteiger partial charge in [-0.25, -0.2) is 0 Å². The predicted octanol–water partition coefficient (Wildman–Crippen LogP) is 2.36. The Bertz CT molecular complexity index is 482. The van der Waals surface area contributed by atoms with Crippen LogP contribution in [0.5, 0.6) is 5.75 Å². The molecule has 0 aliphatic heterocycles. The summed E-state index contributed by atoms with van der Waals surface area (Å²) in [5, 5.41) is 18.0. The third-order valence-electron chi connectivity index (χ3n) is 2.27. The molecule has 5 heteroatoms. The summed E-state index contributed by atoms with van der Waals surface area (Å²) in [6.07, 6.45) is 0. The zero-order chi connectivity index (χ0) is 12.3. The molecule has 17 heavy (non-hydrogen) atoms. The van der Waals surface area contributed by atoms with E-state index in [-0.39, 0.29) is 0 Å². The molecule has 2 aromatic carbocycles. The van der Waals surface area contributed by atoms with Gasteiger partial charge >= 0.3 is 7.32 Å². The average molecular weight is 248 g/mol. The van der Waals surface area contributed by atoms with Crippen molar-refractivity contribution in [3.8, 4) is 16.9 Å². The highest BCUT2D eigenvalue weighted by Crippen LogP contribution is 2.23. The summed E-state index contributed by atoms with van der Waals surface area (Å²) < 4.78 is 4.71. The Labute approximate surface area is 104 Å². The fraction of sp³-hybridized carbons (Fsp3) is 0. The molecule has 2 rings (SSSR count). The van der Waals surface area contributed by atoms with Crippen LogP contribution in [0.3, 0.4) is 0 Å². The second-order valence-corrected chi connectivity index (χ2v) is 3.91. The Kier molecular flexibility index (Phi) is 3.69. The molecule has 0 heterocycles. The normalized spacial score (nSPS) is 10.1. The molecule has 0 aliphatic rings. The van der Waals surface area contributed by atoms with Crippen molar-refractivity contribution in [2.24, 2.45) is 0 Å². The first-order valence-electron chi connectivity index (χ1n) is 5.04. The molecule has 0 saturated carbocycles. The van der Waals surface area contributed by atoms with Gasteiger partial charge in [-0.2, -0.15) is 0 Å². The monoisotopic (exact) mass is 248 g/mol. The highest BCUT2D eigenvalue weighted by Gasteiger charge is 2.10. The van der Waals surface area contributed by atoms with Gasteiger partial charge in [0.1, 0.15) is 5.75 Å². The molecule has 0 radical (unpaired) electrons. The van der Waals surface area contributed by atoms with Gasteiger partial charge in [-0.05, 0) is 35.4 Å². The van der Waals surface area contributed by atoms with E-state index in [2.05, 4.69) is 0 Å². The summed E-state index contributed by atoms with van der Waals surface area (Å²) in [6, 6.07) is 14.5. The Balaban J connectivity index is 2.20. The molecule has 0 bridgehead atoms. The minimum atomic E-state index is -1.80. The number of benzene rings is 2. The van der Waals surface area contributed by atoms with Gasteiger partial charge < -0.3 is 14.7 Å². The van der Waals surface area contributed by atoms with Gasteiger partial charge in [-0.3, -0.25) is 0 Å². The maximum absolute atomic E-state index is 8.64. The van der Waals surface area contributed by atoms with Crippen LogP contribution in [-0.4, -0.2) is 17.4 Å². The van der Waals surface area contributed by atoms with Crippen LogP contribution in [-0.2, 0) is 0 Å². The van der Waals surface area contributed by atoms with Crippen molar-refractivity contribution >= 4 is 18.9 Å². The Morgan fingerprint density at radius 1 is 0.824 bits per heavy atom. The van der Waals surface area contributed by atoms with Crippen molar-refractivity contribution in [2.45, 2.75) is 0 Å². The molecule has 3 nitrogen and oxygen atoms in total. The second-order valence-electron chi connectivity index (χ2n) is 3.48. The average Bonchev–Trinajstić information content (AvgIpc) is 2.30. The Hall–Kier alpha value is -1.49. The van der Waals surface area contributed by atoms with Crippen LogP contribution in [0.25, 0.3) is 11.1 Å². The van der Waals surface area contributed by atoms with Crippen LogP contribution >= 0.6 is 11.6 Å². The van der Waals surface area contributed by atoms with Crippen LogP contribution in [0, 0.1) is 0 Å². The Morgan fingerprint density at radius 3 is 1.76 bits per heavy atom. The molecule has 0 atom stereocenters. The van der Waals surface area contributed by atoms with Crippen molar-refractivity contribution in [3.63, 3.8) is 0 Å². The van der Waals surface area contributed by atoms with Gasteiger partial charge in [0.25, 0.3) is 0 Å². The summed E-state index contributed by atoms with van der Waals surface area (Å²) in [5.74, 6) is 0.401. The smallest absolute Gasteiger partial charge is 0.512 e. The van der Waals surface area contributed by atoms with E-state index in [1.807, 2.05) is 36.4 Å². The lowest BCUT2D eigenvalue weighted by atomic mass is 10.1. The molecule has 0 aliphatic carbocycles. The van der Waals surface area contributed by atoms with Crippen molar-refractivity contribution in [3.05, 3.63) is 53.6 Å². The molecule has 0 fully saturated rings. The summed E-state index contributed by atoms with van der Waals surface area (Å²) in [7, 11) is -1.80. The van der Waals surface area contributed by atoms with E-state index >= 15 is 0 Å². The van der Waals surface area contributed by atoms with E-state index in [0.29, 0.717) is 10.8 Å². The molecule has 0 saturated heterocycles. The SMILES string of the molecule is OB(O)Oc1ccc(-c2ccc(Cl)cc2)cc1. The molecule has 0 spiro atoms. The highest BCUT2D eigenvalue weighted by molar-refractivity contribution is 6.33. The standard InChI is InChI=1S/C12H10BClO3/c14-11-5-1-9(2-6-11)10-3-7-12(8-4-10)17-13(15)16/h1-8,15-16H. The van der Waals surface area contributed by atoms with Crippen LogP contribution in [0.1, 0.15) is 0 Å². The largest absolute Gasteiger partial charge is 0.707 e. The molecule has 0 amide bonds. The molecule has 0 aromatic heterocycles. The predicted molar refractivity (Wildman–Crippen MR) is 67.7 cm³/mol. The number of halogens is 1. The van der Waals surface area contributed by atoms with E-state index in [4.69, 9.17) is 26.3 Å². The summed E-state index contributed by atoms with van der Waals surface area (Å²) in [5.41, 5.74) is 2.03. The quantitative estimate of drug-likeness (QED) is 0.820. The zero-order valence-corrected chi connectivity index (χ0v) is 9.63. The van der Waals surface area contributed by atoms with E-state index in [1.165, 1.54) is 0 Å². The van der Waals surface area contributed by atoms with Gasteiger partial charge in [0, 0.05) is 5.02 Å². The van der Waals surface area contributed by atoms with Crippen molar-refractivity contribution < 1.29 is 14.7 Å². The minimum absolute atomic E-state index is 0.401. The molecular formula is C12H10BClO3. The molecule has 2 aromatic rings. The van der Waals surface area contributed by atoms with Gasteiger partial charge in [0.05, 0.1) is 0 Å². The van der Waals surface area contributed by atoms with Crippen molar-refractivity contribution in [1.82, 2.24) is 0 Å². The van der Waals surface area contributed by atoms with Crippen molar-refractivity contribution in [1.29, 1.82) is 0 Å². The van der Waals surface area contributed by atoms with Gasteiger partial charge in [0.15, 0.2) is 0 Å². The van der Waals surface area contributed by atoms with Crippen LogP contribution in [0.4, 0.5) is 0 Å². The Morgan fingerprint density at radius 2 is 1.29 bits per heavy atom. The fourth-order valence-corrected chi connectivity index (χ4v) is 1.62. The first kappa shape index (κ1) is 12.0. The lowest BCUT2D eigenvalue weighted by molar-refractivity contribution is 0.288. The number of hydrogen-bond donors (Lipinski definition) is 2. The van der Waals surface area contributed by atoms with E-state index in [0.717, 1.165) is 11.1 Å². The van der Waals surface area contributed by atoms with Crippen LogP contribution in [0.15, 0.2) is 48.5 Å². The first-order valence-corrected chi connectivity index (χ1v) is 5.42. The number of rotatable bonds is 3. The van der Waals surface area contributed by atoms with Crippen LogP contribution < -0.4 is 4.65 Å². The summed E-state index contributed by atoms with van der Waals surface area (Å²) in [6.45, 7) is 0. The third-order valence-corrected chi connectivity index (χ3v) is 2.53. The van der Waals surface area contributed by atoms with Gasteiger partial charge in [-0.1, -0.05) is 35.9 Å². The maximum atomic E-state index is 8.64. The molecule has 86 valence electrons. The minimum Gasteiger partial charge on any atom is -0.512 e. The number of hydrogen-bond acceptors (Lipinski definition) is 3. The van der Waals surface area contributed by atoms with Crippen LogP contribution in [0.2, 0.25) is 5.02 Å². The van der Waals surface area contributed by atoms with E-state index in [1.54, 1.807) is 12.1 Å². The lowest BCUT2D eigenvalue weighted by Crippen LogP contribution is -2.20. The molecule has 2 N–H and O–H groups in total. The first-order chi connectivity index (χ1) is 8.15. The van der Waals surface area contributed by atoms with Crippen molar-refractivity contribution in [2.75, 3.05) is 0 Å². The van der Waals surface area contributed by atoms with E-state index in [9.17, 15) is 0 Å². The summed E-state index contributed by atoms with van der Waals surface area (Å²) >= 11 is 5.81. The zero-order valence-electron chi connectivity index (χ0n) is 8.88.